The zero-order valence-corrected chi connectivity index (χ0v) is 10.5. The molecule has 0 spiro atoms. The molecule has 0 saturated heterocycles. The van der Waals surface area contributed by atoms with E-state index in [2.05, 4.69) is 52.0 Å². The molecule has 0 unspecified atom stereocenters. The summed E-state index contributed by atoms with van der Waals surface area (Å²) in [5, 5.41) is 0. The largest absolute Gasteiger partial charge is 0.371 e. The van der Waals surface area contributed by atoms with Crippen LogP contribution in [0.5, 0.6) is 0 Å². The normalized spacial score (nSPS) is 12.1. The Morgan fingerprint density at radius 1 is 1.20 bits per heavy atom. The number of benzene rings is 1. The van der Waals surface area contributed by atoms with Gasteiger partial charge < -0.3 is 4.74 Å². The summed E-state index contributed by atoms with van der Waals surface area (Å²) < 4.78 is 5.81. The van der Waals surface area contributed by atoms with Gasteiger partial charge in [0.2, 0.25) is 0 Å². The summed E-state index contributed by atoms with van der Waals surface area (Å²) >= 11 is 0. The second-order valence-electron chi connectivity index (χ2n) is 4.69. The number of ether oxygens (including phenoxy) is 1. The maximum absolute atomic E-state index is 5.81. The molecular weight excluding hydrogens is 184 g/mol. The Kier molecular flexibility index (Phi) is 3.92. The van der Waals surface area contributed by atoms with E-state index in [1.54, 1.807) is 0 Å². The van der Waals surface area contributed by atoms with Crippen LogP contribution in [0.1, 0.15) is 51.7 Å². The van der Waals surface area contributed by atoms with Crippen LogP contribution in [0.15, 0.2) is 24.3 Å². The summed E-state index contributed by atoms with van der Waals surface area (Å²) in [6.45, 7) is 11.5. The third-order valence-corrected chi connectivity index (χ3v) is 2.74. The Balaban J connectivity index is 3.12. The Bertz CT molecular complexity index is 313. The average Bonchev–Trinajstić information content (AvgIpc) is 2.17. The van der Waals surface area contributed by atoms with Crippen molar-refractivity contribution in [2.24, 2.45) is 0 Å². The fraction of sp³-hybridized carbons (Fsp3) is 0.571. The molecule has 0 aliphatic rings. The van der Waals surface area contributed by atoms with Crippen molar-refractivity contribution >= 4 is 0 Å². The number of rotatable bonds is 4. The zero-order chi connectivity index (χ0) is 11.5. The molecule has 15 heavy (non-hydrogen) atoms. The van der Waals surface area contributed by atoms with Crippen molar-refractivity contribution in [2.45, 2.75) is 46.1 Å². The fourth-order valence-corrected chi connectivity index (χ4v) is 1.99. The van der Waals surface area contributed by atoms with Gasteiger partial charge in [-0.15, -0.1) is 0 Å². The van der Waals surface area contributed by atoms with Crippen molar-refractivity contribution in [3.05, 3.63) is 35.4 Å². The lowest BCUT2D eigenvalue weighted by Gasteiger charge is -2.28. The molecule has 0 aliphatic carbocycles. The molecule has 1 nitrogen and oxygen atoms in total. The van der Waals surface area contributed by atoms with Crippen molar-refractivity contribution in [2.75, 3.05) is 6.61 Å². The molecule has 0 heterocycles. The first kappa shape index (κ1) is 12.3. The first-order valence-corrected chi connectivity index (χ1v) is 5.72. The molecule has 0 bridgehead atoms. The highest BCUT2D eigenvalue weighted by atomic mass is 16.5. The van der Waals surface area contributed by atoms with Crippen molar-refractivity contribution in [1.82, 2.24) is 0 Å². The Hall–Kier alpha value is -0.820. The van der Waals surface area contributed by atoms with E-state index in [9.17, 15) is 0 Å². The standard InChI is InChI=1S/C14H22O/c1-6-15-14(4,5)13-10-8-7-9-12(13)11(2)3/h7-11H,6H2,1-5H3. The van der Waals surface area contributed by atoms with Gasteiger partial charge >= 0.3 is 0 Å². The molecule has 0 fully saturated rings. The number of hydrogen-bond acceptors (Lipinski definition) is 1. The Morgan fingerprint density at radius 3 is 2.33 bits per heavy atom. The van der Waals surface area contributed by atoms with Crippen LogP contribution in [-0.2, 0) is 10.3 Å². The van der Waals surface area contributed by atoms with E-state index in [0.29, 0.717) is 5.92 Å². The van der Waals surface area contributed by atoms with E-state index >= 15 is 0 Å². The molecular formula is C14H22O. The molecule has 0 aliphatic heterocycles. The second kappa shape index (κ2) is 4.80. The van der Waals surface area contributed by atoms with Crippen LogP contribution < -0.4 is 0 Å². The van der Waals surface area contributed by atoms with Gasteiger partial charge in [-0.05, 0) is 37.8 Å². The fourth-order valence-electron chi connectivity index (χ4n) is 1.99. The maximum atomic E-state index is 5.81. The highest BCUT2D eigenvalue weighted by Crippen LogP contribution is 2.31. The van der Waals surface area contributed by atoms with Crippen LogP contribution in [0.3, 0.4) is 0 Å². The molecule has 1 heteroatoms. The minimum absolute atomic E-state index is 0.185. The summed E-state index contributed by atoms with van der Waals surface area (Å²) in [5.41, 5.74) is 2.51. The van der Waals surface area contributed by atoms with Gasteiger partial charge in [-0.1, -0.05) is 38.1 Å². The lowest BCUT2D eigenvalue weighted by atomic mass is 9.88. The molecule has 0 amide bonds. The molecule has 1 aromatic rings. The summed E-state index contributed by atoms with van der Waals surface area (Å²) in [6, 6.07) is 8.55. The van der Waals surface area contributed by atoms with Crippen LogP contribution in [-0.4, -0.2) is 6.61 Å². The average molecular weight is 206 g/mol. The van der Waals surface area contributed by atoms with Gasteiger partial charge in [-0.3, -0.25) is 0 Å². The molecule has 0 saturated carbocycles. The predicted molar refractivity (Wildman–Crippen MR) is 65.2 cm³/mol. The zero-order valence-electron chi connectivity index (χ0n) is 10.5. The van der Waals surface area contributed by atoms with E-state index in [1.807, 2.05) is 6.92 Å². The maximum Gasteiger partial charge on any atom is 0.0877 e. The number of hydrogen-bond donors (Lipinski definition) is 0. The third-order valence-electron chi connectivity index (χ3n) is 2.74. The van der Waals surface area contributed by atoms with Gasteiger partial charge in [0.1, 0.15) is 0 Å². The van der Waals surface area contributed by atoms with E-state index in [0.717, 1.165) is 6.61 Å². The SMILES string of the molecule is CCOC(C)(C)c1ccccc1C(C)C. The van der Waals surface area contributed by atoms with Crippen molar-refractivity contribution in [3.63, 3.8) is 0 Å². The quantitative estimate of drug-likeness (QED) is 0.721. The summed E-state index contributed by atoms with van der Waals surface area (Å²) in [5.74, 6) is 0.543. The van der Waals surface area contributed by atoms with E-state index in [4.69, 9.17) is 4.74 Å². The minimum Gasteiger partial charge on any atom is -0.371 e. The summed E-state index contributed by atoms with van der Waals surface area (Å²) in [4.78, 5) is 0. The van der Waals surface area contributed by atoms with Crippen molar-refractivity contribution < 1.29 is 4.74 Å². The topological polar surface area (TPSA) is 9.23 Å². The molecule has 0 aromatic heterocycles. The smallest absolute Gasteiger partial charge is 0.0877 e. The van der Waals surface area contributed by atoms with E-state index < -0.39 is 0 Å². The second-order valence-corrected chi connectivity index (χ2v) is 4.69. The minimum atomic E-state index is -0.185. The Morgan fingerprint density at radius 2 is 1.80 bits per heavy atom. The lowest BCUT2D eigenvalue weighted by molar-refractivity contribution is -0.0148. The molecule has 0 atom stereocenters. The van der Waals surface area contributed by atoms with Crippen LogP contribution in [0.2, 0.25) is 0 Å². The van der Waals surface area contributed by atoms with Gasteiger partial charge in [0.15, 0.2) is 0 Å². The molecule has 0 radical (unpaired) electrons. The van der Waals surface area contributed by atoms with E-state index in [-0.39, 0.29) is 5.60 Å². The Labute approximate surface area is 93.5 Å². The highest BCUT2D eigenvalue weighted by molar-refractivity contribution is 5.33. The summed E-state index contributed by atoms with van der Waals surface area (Å²) in [7, 11) is 0. The lowest BCUT2D eigenvalue weighted by Crippen LogP contribution is -2.23. The summed E-state index contributed by atoms with van der Waals surface area (Å²) in [6.07, 6.45) is 0. The van der Waals surface area contributed by atoms with Crippen LogP contribution in [0.4, 0.5) is 0 Å². The first-order valence-electron chi connectivity index (χ1n) is 5.72. The monoisotopic (exact) mass is 206 g/mol. The molecule has 1 aromatic carbocycles. The van der Waals surface area contributed by atoms with E-state index in [1.165, 1.54) is 11.1 Å². The van der Waals surface area contributed by atoms with Crippen LogP contribution in [0, 0.1) is 0 Å². The van der Waals surface area contributed by atoms with Crippen LogP contribution in [0.25, 0.3) is 0 Å². The van der Waals surface area contributed by atoms with Crippen molar-refractivity contribution in [3.8, 4) is 0 Å². The molecule has 84 valence electrons. The first-order chi connectivity index (χ1) is 6.99. The predicted octanol–water partition coefficient (Wildman–Crippen LogP) is 4.08. The van der Waals surface area contributed by atoms with Gasteiger partial charge in [0.25, 0.3) is 0 Å². The molecule has 1 rings (SSSR count). The van der Waals surface area contributed by atoms with Gasteiger partial charge in [-0.25, -0.2) is 0 Å². The van der Waals surface area contributed by atoms with Gasteiger partial charge in [0, 0.05) is 6.61 Å². The third kappa shape index (κ3) is 2.82. The highest BCUT2D eigenvalue weighted by Gasteiger charge is 2.24. The molecule has 0 N–H and O–H groups in total. The van der Waals surface area contributed by atoms with Crippen LogP contribution >= 0.6 is 0 Å². The van der Waals surface area contributed by atoms with Gasteiger partial charge in [-0.2, -0.15) is 0 Å². The van der Waals surface area contributed by atoms with Gasteiger partial charge in [0.05, 0.1) is 5.60 Å². The van der Waals surface area contributed by atoms with Crippen molar-refractivity contribution in [1.29, 1.82) is 0 Å².